The van der Waals surface area contributed by atoms with Crippen molar-refractivity contribution in [3.8, 4) is 17.2 Å². The van der Waals surface area contributed by atoms with Crippen LogP contribution < -0.4 is 19.5 Å². The summed E-state index contributed by atoms with van der Waals surface area (Å²) in [5, 5.41) is 2.78. The van der Waals surface area contributed by atoms with Crippen LogP contribution in [0.1, 0.15) is 17.5 Å². The standard InChI is InChI=1S/C19H21F2NO4/c1-24-16-9-13(10-17(25-2)19(16)26-3)11-22-18(23)7-5-12-4-6-14(20)15(21)8-12/h4,6,8-10H,5,7,11H2,1-3H3,(H,22,23). The normalized spacial score (nSPS) is 10.3. The highest BCUT2D eigenvalue weighted by Gasteiger charge is 2.13. The van der Waals surface area contributed by atoms with Crippen molar-refractivity contribution < 1.29 is 27.8 Å². The van der Waals surface area contributed by atoms with Crippen molar-refractivity contribution in [3.63, 3.8) is 0 Å². The predicted octanol–water partition coefficient (Wildman–Crippen LogP) is 3.24. The molecule has 0 aromatic heterocycles. The molecule has 2 aromatic rings. The number of halogens is 2. The van der Waals surface area contributed by atoms with E-state index in [2.05, 4.69) is 5.32 Å². The zero-order valence-corrected chi connectivity index (χ0v) is 14.9. The summed E-state index contributed by atoms with van der Waals surface area (Å²) >= 11 is 0. The highest BCUT2D eigenvalue weighted by Crippen LogP contribution is 2.38. The van der Waals surface area contributed by atoms with Crippen LogP contribution in [0.3, 0.4) is 0 Å². The number of hydrogen-bond donors (Lipinski definition) is 1. The van der Waals surface area contributed by atoms with Gasteiger partial charge in [-0.25, -0.2) is 8.78 Å². The summed E-state index contributed by atoms with van der Waals surface area (Å²) in [7, 11) is 4.54. The molecule has 0 radical (unpaired) electrons. The lowest BCUT2D eigenvalue weighted by atomic mass is 10.1. The van der Waals surface area contributed by atoms with Gasteiger partial charge in [-0.2, -0.15) is 0 Å². The van der Waals surface area contributed by atoms with Gasteiger partial charge in [0.05, 0.1) is 21.3 Å². The average molecular weight is 365 g/mol. The predicted molar refractivity (Wildman–Crippen MR) is 92.6 cm³/mol. The molecule has 7 heteroatoms. The van der Waals surface area contributed by atoms with Gasteiger partial charge in [-0.3, -0.25) is 4.79 Å². The van der Waals surface area contributed by atoms with Crippen molar-refractivity contribution in [3.05, 3.63) is 53.1 Å². The van der Waals surface area contributed by atoms with Crippen LogP contribution in [0.4, 0.5) is 8.78 Å². The molecule has 0 atom stereocenters. The maximum absolute atomic E-state index is 13.2. The number of amides is 1. The molecule has 5 nitrogen and oxygen atoms in total. The van der Waals surface area contributed by atoms with Crippen LogP contribution in [-0.4, -0.2) is 27.2 Å². The van der Waals surface area contributed by atoms with Crippen molar-refractivity contribution in [1.82, 2.24) is 5.32 Å². The number of ether oxygens (including phenoxy) is 3. The molecule has 26 heavy (non-hydrogen) atoms. The van der Waals surface area contributed by atoms with Crippen molar-refractivity contribution in [2.75, 3.05) is 21.3 Å². The fourth-order valence-electron chi connectivity index (χ4n) is 2.48. The van der Waals surface area contributed by atoms with Crippen LogP contribution in [0.15, 0.2) is 30.3 Å². The van der Waals surface area contributed by atoms with E-state index in [0.717, 1.165) is 17.7 Å². The quantitative estimate of drug-likeness (QED) is 0.780. The molecular weight excluding hydrogens is 344 g/mol. The molecule has 1 N–H and O–H groups in total. The van der Waals surface area contributed by atoms with Gasteiger partial charge >= 0.3 is 0 Å². The van der Waals surface area contributed by atoms with Gasteiger partial charge in [0.25, 0.3) is 0 Å². The first kappa shape index (κ1) is 19.5. The summed E-state index contributed by atoms with van der Waals surface area (Å²) in [5.74, 6) is -0.552. The van der Waals surface area contributed by atoms with Gasteiger partial charge in [-0.05, 0) is 41.8 Å². The third-order valence-electron chi connectivity index (χ3n) is 3.84. The monoisotopic (exact) mass is 365 g/mol. The molecule has 0 bridgehead atoms. The van der Waals surface area contributed by atoms with Gasteiger partial charge in [-0.15, -0.1) is 0 Å². The lowest BCUT2D eigenvalue weighted by Crippen LogP contribution is -2.23. The highest BCUT2D eigenvalue weighted by atomic mass is 19.2. The largest absolute Gasteiger partial charge is 0.493 e. The summed E-state index contributed by atoms with van der Waals surface area (Å²) in [4.78, 5) is 12.0. The number of carbonyl (C=O) groups excluding carboxylic acids is 1. The lowest BCUT2D eigenvalue weighted by Gasteiger charge is -2.14. The summed E-state index contributed by atoms with van der Waals surface area (Å²) in [6.45, 7) is 0.271. The Hall–Kier alpha value is -2.83. The van der Waals surface area contributed by atoms with Crippen LogP contribution in [0.5, 0.6) is 17.2 Å². The fourth-order valence-corrected chi connectivity index (χ4v) is 2.48. The molecule has 0 fully saturated rings. The van der Waals surface area contributed by atoms with Gasteiger partial charge in [-0.1, -0.05) is 6.07 Å². The van der Waals surface area contributed by atoms with Gasteiger partial charge < -0.3 is 19.5 Å². The first-order valence-corrected chi connectivity index (χ1v) is 7.98. The Morgan fingerprint density at radius 3 is 2.12 bits per heavy atom. The molecule has 2 aromatic carbocycles. The molecule has 0 aliphatic carbocycles. The highest BCUT2D eigenvalue weighted by molar-refractivity contribution is 5.76. The number of methoxy groups -OCH3 is 3. The third kappa shape index (κ3) is 4.84. The summed E-state index contributed by atoms with van der Waals surface area (Å²) in [6.07, 6.45) is 0.480. The number of hydrogen-bond acceptors (Lipinski definition) is 4. The van der Waals surface area contributed by atoms with Crippen LogP contribution in [0.25, 0.3) is 0 Å². The molecule has 0 aliphatic heterocycles. The van der Waals surface area contributed by atoms with E-state index < -0.39 is 11.6 Å². The van der Waals surface area contributed by atoms with Gasteiger partial charge in [0, 0.05) is 13.0 Å². The summed E-state index contributed by atoms with van der Waals surface area (Å²) in [5.41, 5.74) is 1.34. The minimum Gasteiger partial charge on any atom is -0.493 e. The molecule has 0 unspecified atom stereocenters. The molecule has 1 amide bonds. The molecule has 140 valence electrons. The molecule has 0 heterocycles. The van der Waals surface area contributed by atoms with Gasteiger partial charge in [0.1, 0.15) is 0 Å². The minimum absolute atomic E-state index is 0.162. The van der Waals surface area contributed by atoms with Crippen molar-refractivity contribution in [2.24, 2.45) is 0 Å². The van der Waals surface area contributed by atoms with Crippen LogP contribution in [-0.2, 0) is 17.8 Å². The molecule has 0 aliphatic rings. The topological polar surface area (TPSA) is 56.8 Å². The van der Waals surface area contributed by atoms with E-state index in [9.17, 15) is 13.6 Å². The van der Waals surface area contributed by atoms with Crippen molar-refractivity contribution in [2.45, 2.75) is 19.4 Å². The second-order valence-electron chi connectivity index (χ2n) is 5.56. The first-order chi connectivity index (χ1) is 12.5. The second kappa shape index (κ2) is 9.03. The number of rotatable bonds is 8. The Morgan fingerprint density at radius 2 is 1.58 bits per heavy atom. The van der Waals surface area contributed by atoms with E-state index in [0.29, 0.717) is 29.2 Å². The van der Waals surface area contributed by atoms with E-state index in [4.69, 9.17) is 14.2 Å². The van der Waals surface area contributed by atoms with Crippen molar-refractivity contribution in [1.29, 1.82) is 0 Å². The Bertz CT molecular complexity index is 755. The van der Waals surface area contributed by atoms with E-state index in [1.807, 2.05) is 0 Å². The first-order valence-electron chi connectivity index (χ1n) is 7.98. The molecule has 0 saturated carbocycles. The SMILES string of the molecule is COc1cc(CNC(=O)CCc2ccc(F)c(F)c2)cc(OC)c1OC. The second-order valence-corrected chi connectivity index (χ2v) is 5.56. The lowest BCUT2D eigenvalue weighted by molar-refractivity contribution is -0.121. The Kier molecular flexibility index (Phi) is 6.77. The maximum Gasteiger partial charge on any atom is 0.220 e. The molecule has 0 spiro atoms. The Balaban J connectivity index is 1.95. The van der Waals surface area contributed by atoms with Gasteiger partial charge in [0.15, 0.2) is 23.1 Å². The smallest absolute Gasteiger partial charge is 0.220 e. The fraction of sp³-hybridized carbons (Fsp3) is 0.316. The van der Waals surface area contributed by atoms with E-state index in [1.54, 1.807) is 12.1 Å². The number of carbonyl (C=O) groups is 1. The summed E-state index contributed by atoms with van der Waals surface area (Å²) in [6, 6.07) is 7.11. The zero-order valence-electron chi connectivity index (χ0n) is 14.9. The Labute approximate surface area is 150 Å². The maximum atomic E-state index is 13.2. The molecular formula is C19H21F2NO4. The number of nitrogens with one attached hydrogen (secondary N) is 1. The third-order valence-corrected chi connectivity index (χ3v) is 3.84. The minimum atomic E-state index is -0.916. The zero-order chi connectivity index (χ0) is 19.1. The van der Waals surface area contributed by atoms with E-state index in [-0.39, 0.29) is 18.9 Å². The van der Waals surface area contributed by atoms with Gasteiger partial charge in [0.2, 0.25) is 11.7 Å². The van der Waals surface area contributed by atoms with E-state index in [1.165, 1.54) is 27.4 Å². The van der Waals surface area contributed by atoms with E-state index >= 15 is 0 Å². The Morgan fingerprint density at radius 1 is 0.923 bits per heavy atom. The number of aryl methyl sites for hydroxylation is 1. The molecule has 2 rings (SSSR count). The number of benzene rings is 2. The van der Waals surface area contributed by atoms with Crippen molar-refractivity contribution >= 4 is 5.91 Å². The van der Waals surface area contributed by atoms with Crippen LogP contribution >= 0.6 is 0 Å². The average Bonchev–Trinajstić information content (AvgIpc) is 2.66. The summed E-state index contributed by atoms with van der Waals surface area (Å²) < 4.78 is 41.9. The van der Waals surface area contributed by atoms with Crippen LogP contribution in [0, 0.1) is 11.6 Å². The van der Waals surface area contributed by atoms with Crippen LogP contribution in [0.2, 0.25) is 0 Å². The molecule has 0 saturated heterocycles.